The van der Waals surface area contributed by atoms with Crippen molar-refractivity contribution in [2.45, 2.75) is 33.6 Å². The van der Waals surface area contributed by atoms with Crippen LogP contribution in [0.2, 0.25) is 0 Å². The maximum Gasteiger partial charge on any atom is 0.307 e. The molecule has 0 amide bonds. The molecular formula is C12H25NO3. The number of hydrogen-bond donors (Lipinski definition) is 1. The van der Waals surface area contributed by atoms with Gasteiger partial charge in [0.2, 0.25) is 0 Å². The maximum atomic E-state index is 10.8. The first-order valence-electron chi connectivity index (χ1n) is 6.14. The highest BCUT2D eigenvalue weighted by Crippen LogP contribution is 2.02. The summed E-state index contributed by atoms with van der Waals surface area (Å²) in [6, 6.07) is 0. The molecule has 4 heteroatoms. The van der Waals surface area contributed by atoms with E-state index in [-0.39, 0.29) is 5.92 Å². The molecule has 0 fully saturated rings. The molecule has 16 heavy (non-hydrogen) atoms. The smallest absolute Gasteiger partial charge is 0.307 e. The number of hydrogen-bond acceptors (Lipinski definition) is 3. The summed E-state index contributed by atoms with van der Waals surface area (Å²) in [5.41, 5.74) is 0. The third kappa shape index (κ3) is 7.65. The van der Waals surface area contributed by atoms with E-state index in [4.69, 9.17) is 9.84 Å². The van der Waals surface area contributed by atoms with Crippen molar-refractivity contribution in [3.05, 3.63) is 0 Å². The van der Waals surface area contributed by atoms with Crippen molar-refractivity contribution >= 4 is 5.97 Å². The summed E-state index contributed by atoms with van der Waals surface area (Å²) in [5.74, 6) is -1.01. The van der Waals surface area contributed by atoms with Crippen molar-refractivity contribution in [2.24, 2.45) is 5.92 Å². The summed E-state index contributed by atoms with van der Waals surface area (Å²) in [5, 5.41) is 8.86. The van der Waals surface area contributed by atoms with E-state index < -0.39 is 5.97 Å². The van der Waals surface area contributed by atoms with Crippen molar-refractivity contribution in [1.82, 2.24) is 4.90 Å². The zero-order valence-electron chi connectivity index (χ0n) is 10.7. The molecule has 0 aliphatic carbocycles. The summed E-state index contributed by atoms with van der Waals surface area (Å²) in [7, 11) is 0. The van der Waals surface area contributed by atoms with Crippen molar-refractivity contribution in [3.63, 3.8) is 0 Å². The molecule has 4 nitrogen and oxygen atoms in total. The van der Waals surface area contributed by atoms with Gasteiger partial charge in [0, 0.05) is 26.3 Å². The van der Waals surface area contributed by atoms with Crippen LogP contribution in [-0.4, -0.2) is 48.8 Å². The van der Waals surface area contributed by atoms with Crippen LogP contribution in [0.15, 0.2) is 0 Å². The minimum absolute atomic E-state index is 0.293. The minimum atomic E-state index is -0.717. The first kappa shape index (κ1) is 15.4. The predicted octanol–water partition coefficient (Wildman–Crippen LogP) is 1.85. The van der Waals surface area contributed by atoms with Crippen LogP contribution >= 0.6 is 0 Å². The zero-order valence-corrected chi connectivity index (χ0v) is 10.7. The quantitative estimate of drug-likeness (QED) is 0.583. The Kier molecular flexibility index (Phi) is 9.24. The minimum Gasteiger partial charge on any atom is -0.481 e. The van der Waals surface area contributed by atoms with Gasteiger partial charge in [0.1, 0.15) is 0 Å². The monoisotopic (exact) mass is 231 g/mol. The van der Waals surface area contributed by atoms with Crippen LogP contribution in [0, 0.1) is 5.92 Å². The fourth-order valence-corrected chi connectivity index (χ4v) is 1.61. The van der Waals surface area contributed by atoms with Gasteiger partial charge in [-0.25, -0.2) is 0 Å². The van der Waals surface area contributed by atoms with E-state index in [0.717, 1.165) is 39.1 Å². The van der Waals surface area contributed by atoms with Crippen LogP contribution in [0.25, 0.3) is 0 Å². The highest BCUT2D eigenvalue weighted by atomic mass is 16.5. The Balaban J connectivity index is 3.82. The van der Waals surface area contributed by atoms with E-state index in [1.165, 1.54) is 0 Å². The molecule has 0 aromatic rings. The molecule has 0 saturated heterocycles. The van der Waals surface area contributed by atoms with Gasteiger partial charge in [-0.1, -0.05) is 13.8 Å². The van der Waals surface area contributed by atoms with Crippen molar-refractivity contribution in [1.29, 1.82) is 0 Å². The number of rotatable bonds is 10. The van der Waals surface area contributed by atoms with Gasteiger partial charge in [0.15, 0.2) is 0 Å². The van der Waals surface area contributed by atoms with Gasteiger partial charge in [-0.15, -0.1) is 0 Å². The Hall–Kier alpha value is -0.610. The molecule has 0 aliphatic heterocycles. The lowest BCUT2D eigenvalue weighted by Gasteiger charge is -2.23. The average molecular weight is 231 g/mol. The molecule has 0 aliphatic rings. The van der Waals surface area contributed by atoms with E-state index >= 15 is 0 Å². The molecule has 0 spiro atoms. The fraction of sp³-hybridized carbons (Fsp3) is 0.917. The predicted molar refractivity (Wildman–Crippen MR) is 64.6 cm³/mol. The Morgan fingerprint density at radius 3 is 2.56 bits per heavy atom. The third-order valence-electron chi connectivity index (χ3n) is 2.46. The maximum absolute atomic E-state index is 10.8. The van der Waals surface area contributed by atoms with Crippen molar-refractivity contribution < 1.29 is 14.6 Å². The van der Waals surface area contributed by atoms with E-state index in [1.54, 1.807) is 6.92 Å². The average Bonchev–Trinajstić information content (AvgIpc) is 2.24. The van der Waals surface area contributed by atoms with E-state index in [9.17, 15) is 4.79 Å². The second kappa shape index (κ2) is 9.60. The summed E-state index contributed by atoms with van der Waals surface area (Å²) in [6.45, 7) is 9.88. The molecule has 0 heterocycles. The first-order valence-corrected chi connectivity index (χ1v) is 6.14. The van der Waals surface area contributed by atoms with Crippen molar-refractivity contribution in [3.8, 4) is 0 Å². The van der Waals surface area contributed by atoms with Gasteiger partial charge in [0.25, 0.3) is 0 Å². The van der Waals surface area contributed by atoms with Crippen LogP contribution in [0.4, 0.5) is 0 Å². The summed E-state index contributed by atoms with van der Waals surface area (Å²) < 4.78 is 5.27. The molecule has 1 N–H and O–H groups in total. The van der Waals surface area contributed by atoms with E-state index in [0.29, 0.717) is 6.54 Å². The number of aliphatic carboxylic acids is 1. The van der Waals surface area contributed by atoms with E-state index in [2.05, 4.69) is 11.8 Å². The van der Waals surface area contributed by atoms with Gasteiger partial charge >= 0.3 is 5.97 Å². The fourth-order valence-electron chi connectivity index (χ4n) is 1.61. The lowest BCUT2D eigenvalue weighted by Crippen LogP contribution is -2.33. The number of carboxylic acid groups (broad SMARTS) is 1. The van der Waals surface area contributed by atoms with Gasteiger partial charge < -0.3 is 14.7 Å². The normalized spacial score (nSPS) is 13.0. The standard InChI is InChI=1S/C12H25NO3/c1-4-7-13(8-6-9-16-5-2)10-11(3)12(14)15/h11H,4-10H2,1-3H3,(H,14,15). The van der Waals surface area contributed by atoms with Crippen LogP contribution in [-0.2, 0) is 9.53 Å². The Bertz CT molecular complexity index is 185. The highest BCUT2D eigenvalue weighted by molar-refractivity contribution is 5.69. The molecule has 0 saturated carbocycles. The van der Waals surface area contributed by atoms with Gasteiger partial charge in [-0.3, -0.25) is 4.79 Å². The lowest BCUT2D eigenvalue weighted by molar-refractivity contribution is -0.141. The number of carboxylic acids is 1. The Morgan fingerprint density at radius 2 is 2.06 bits per heavy atom. The van der Waals surface area contributed by atoms with Crippen LogP contribution in [0.3, 0.4) is 0 Å². The topological polar surface area (TPSA) is 49.8 Å². The second-order valence-corrected chi connectivity index (χ2v) is 4.09. The number of nitrogens with zero attached hydrogens (tertiary/aromatic N) is 1. The summed E-state index contributed by atoms with van der Waals surface area (Å²) in [6.07, 6.45) is 2.03. The molecule has 0 aromatic heterocycles. The summed E-state index contributed by atoms with van der Waals surface area (Å²) >= 11 is 0. The van der Waals surface area contributed by atoms with Gasteiger partial charge in [-0.2, -0.15) is 0 Å². The summed E-state index contributed by atoms with van der Waals surface area (Å²) in [4.78, 5) is 13.0. The zero-order chi connectivity index (χ0) is 12.4. The van der Waals surface area contributed by atoms with Crippen molar-refractivity contribution in [2.75, 3.05) is 32.8 Å². The second-order valence-electron chi connectivity index (χ2n) is 4.09. The highest BCUT2D eigenvalue weighted by Gasteiger charge is 2.15. The first-order chi connectivity index (χ1) is 7.61. The largest absolute Gasteiger partial charge is 0.481 e. The lowest BCUT2D eigenvalue weighted by atomic mass is 10.1. The molecule has 0 radical (unpaired) electrons. The molecule has 0 rings (SSSR count). The molecule has 1 unspecified atom stereocenters. The molecule has 0 bridgehead atoms. The van der Waals surface area contributed by atoms with Crippen LogP contribution in [0.5, 0.6) is 0 Å². The molecule has 96 valence electrons. The van der Waals surface area contributed by atoms with E-state index in [1.807, 2.05) is 6.92 Å². The Labute approximate surface area is 98.6 Å². The number of ether oxygens (including phenoxy) is 1. The molecular weight excluding hydrogens is 206 g/mol. The van der Waals surface area contributed by atoms with Gasteiger partial charge in [-0.05, 0) is 26.3 Å². The third-order valence-corrected chi connectivity index (χ3v) is 2.46. The molecule has 1 atom stereocenters. The number of carbonyl (C=O) groups is 1. The van der Waals surface area contributed by atoms with Crippen LogP contribution < -0.4 is 0 Å². The van der Waals surface area contributed by atoms with Crippen LogP contribution in [0.1, 0.15) is 33.6 Å². The Morgan fingerprint density at radius 1 is 1.38 bits per heavy atom. The van der Waals surface area contributed by atoms with Gasteiger partial charge in [0.05, 0.1) is 5.92 Å². The molecule has 0 aromatic carbocycles. The SMILES string of the molecule is CCCN(CCCOCC)CC(C)C(=O)O.